The Labute approximate surface area is 104 Å². The van der Waals surface area contributed by atoms with Crippen molar-refractivity contribution < 1.29 is 18.7 Å². The lowest BCUT2D eigenvalue weighted by molar-refractivity contribution is -0.0684. The SMILES string of the molecule is B[C@@H]1O[C@](CCCN)(CO[PH](=O)O)C(C)[C@@H]1C. The fraction of sp³-hybridized carbons (Fsp3) is 1.00. The van der Waals surface area contributed by atoms with Crippen molar-refractivity contribution in [2.75, 3.05) is 13.2 Å². The lowest BCUT2D eigenvalue weighted by Gasteiger charge is -2.33. The molecule has 100 valence electrons. The number of rotatable bonds is 6. The third-order valence-electron chi connectivity index (χ3n) is 4.02. The largest absolute Gasteiger partial charge is 0.378 e. The van der Waals surface area contributed by atoms with Crippen molar-refractivity contribution in [3.8, 4) is 0 Å². The van der Waals surface area contributed by atoms with E-state index in [2.05, 4.69) is 13.8 Å². The average Bonchev–Trinajstić information content (AvgIpc) is 2.49. The van der Waals surface area contributed by atoms with Gasteiger partial charge in [0.25, 0.3) is 0 Å². The Bertz CT molecular complexity index is 281. The summed E-state index contributed by atoms with van der Waals surface area (Å²) in [4.78, 5) is 8.81. The zero-order valence-corrected chi connectivity index (χ0v) is 11.8. The van der Waals surface area contributed by atoms with Crippen molar-refractivity contribution >= 4 is 16.1 Å². The molecular weight excluding hydrogens is 240 g/mol. The minimum atomic E-state index is -2.90. The predicted molar refractivity (Wildman–Crippen MR) is 69.9 cm³/mol. The Balaban J connectivity index is 2.75. The normalized spacial score (nSPS) is 39.4. The highest BCUT2D eigenvalue weighted by Gasteiger charge is 2.48. The van der Waals surface area contributed by atoms with Crippen LogP contribution in [0.15, 0.2) is 0 Å². The smallest absolute Gasteiger partial charge is 0.316 e. The Morgan fingerprint density at radius 1 is 1.59 bits per heavy atom. The van der Waals surface area contributed by atoms with E-state index in [1.807, 2.05) is 7.85 Å². The Morgan fingerprint density at radius 2 is 2.24 bits per heavy atom. The predicted octanol–water partition coefficient (Wildman–Crippen LogP) is 0.124. The average molecular weight is 263 g/mol. The van der Waals surface area contributed by atoms with Crippen LogP contribution in [0.1, 0.15) is 26.7 Å². The number of ether oxygens (including phenoxy) is 1. The summed E-state index contributed by atoms with van der Waals surface area (Å²) in [7, 11) is -0.868. The molecule has 2 unspecified atom stereocenters. The molecule has 5 atom stereocenters. The summed E-state index contributed by atoms with van der Waals surface area (Å²) in [5, 5.41) is 0. The summed E-state index contributed by atoms with van der Waals surface area (Å²) >= 11 is 0. The van der Waals surface area contributed by atoms with Gasteiger partial charge in [-0.05, 0) is 31.2 Å². The first-order valence-corrected chi connectivity index (χ1v) is 7.43. The summed E-state index contributed by atoms with van der Waals surface area (Å²) < 4.78 is 21.7. The number of hydrogen-bond donors (Lipinski definition) is 2. The maximum absolute atomic E-state index is 10.7. The van der Waals surface area contributed by atoms with Gasteiger partial charge in [0.2, 0.25) is 0 Å². The maximum Gasteiger partial charge on any atom is 0.316 e. The Hall–Kier alpha value is 0.135. The molecule has 1 aliphatic rings. The molecule has 0 aromatic carbocycles. The van der Waals surface area contributed by atoms with Gasteiger partial charge in [-0.25, -0.2) is 0 Å². The van der Waals surface area contributed by atoms with Gasteiger partial charge in [-0.15, -0.1) is 0 Å². The van der Waals surface area contributed by atoms with E-state index < -0.39 is 13.9 Å². The van der Waals surface area contributed by atoms with Gasteiger partial charge in [-0.1, -0.05) is 13.8 Å². The first-order chi connectivity index (χ1) is 7.93. The minimum Gasteiger partial charge on any atom is -0.378 e. The summed E-state index contributed by atoms with van der Waals surface area (Å²) in [5.41, 5.74) is 5.08. The van der Waals surface area contributed by atoms with Crippen molar-refractivity contribution in [2.45, 2.75) is 38.3 Å². The molecule has 1 rings (SSSR count). The highest BCUT2D eigenvalue weighted by Crippen LogP contribution is 2.43. The van der Waals surface area contributed by atoms with Gasteiger partial charge in [0.15, 0.2) is 0 Å². The van der Waals surface area contributed by atoms with E-state index in [4.69, 9.17) is 19.9 Å². The van der Waals surface area contributed by atoms with E-state index >= 15 is 0 Å². The number of nitrogens with two attached hydrogens (primary N) is 1. The van der Waals surface area contributed by atoms with E-state index in [0.717, 1.165) is 12.8 Å². The zero-order chi connectivity index (χ0) is 13.1. The molecule has 0 aromatic rings. The molecule has 3 N–H and O–H groups in total. The Morgan fingerprint density at radius 3 is 2.65 bits per heavy atom. The third-order valence-corrected chi connectivity index (χ3v) is 4.41. The molecule has 1 saturated heterocycles. The zero-order valence-electron chi connectivity index (χ0n) is 10.8. The number of hydrogen-bond acceptors (Lipinski definition) is 4. The van der Waals surface area contributed by atoms with Gasteiger partial charge >= 0.3 is 8.25 Å². The van der Waals surface area contributed by atoms with E-state index in [-0.39, 0.29) is 12.6 Å². The molecule has 1 heterocycles. The second-order valence-corrected chi connectivity index (χ2v) is 5.80. The first kappa shape index (κ1) is 15.2. The van der Waals surface area contributed by atoms with Crippen LogP contribution in [0.25, 0.3) is 0 Å². The molecule has 1 aliphatic heterocycles. The molecule has 0 aliphatic carbocycles. The second-order valence-electron chi connectivity index (χ2n) is 4.98. The van der Waals surface area contributed by atoms with Gasteiger partial charge < -0.3 is 19.9 Å². The van der Waals surface area contributed by atoms with E-state index in [1.54, 1.807) is 0 Å². The lowest BCUT2D eigenvalue weighted by atomic mass is 9.76. The topological polar surface area (TPSA) is 81.8 Å². The maximum atomic E-state index is 10.7. The van der Waals surface area contributed by atoms with Crippen LogP contribution in [0.3, 0.4) is 0 Å². The second kappa shape index (κ2) is 6.35. The molecular formula is C10H23BNO4P. The van der Waals surface area contributed by atoms with Gasteiger partial charge in [-0.2, -0.15) is 0 Å². The van der Waals surface area contributed by atoms with Crippen LogP contribution >= 0.6 is 8.25 Å². The van der Waals surface area contributed by atoms with Crippen molar-refractivity contribution in [1.29, 1.82) is 0 Å². The monoisotopic (exact) mass is 263 g/mol. The van der Waals surface area contributed by atoms with Crippen molar-refractivity contribution in [3.05, 3.63) is 0 Å². The molecule has 0 saturated carbocycles. The summed E-state index contributed by atoms with van der Waals surface area (Å²) in [6, 6.07) is 0.146. The highest BCUT2D eigenvalue weighted by atomic mass is 31.1. The Kier molecular flexibility index (Phi) is 5.67. The summed E-state index contributed by atoms with van der Waals surface area (Å²) in [5.74, 6) is 0.711. The lowest BCUT2D eigenvalue weighted by Crippen LogP contribution is -2.40. The van der Waals surface area contributed by atoms with E-state index in [9.17, 15) is 4.57 Å². The van der Waals surface area contributed by atoms with Crippen LogP contribution < -0.4 is 5.73 Å². The fourth-order valence-corrected chi connectivity index (χ4v) is 2.95. The van der Waals surface area contributed by atoms with Gasteiger partial charge in [0, 0.05) is 6.00 Å². The van der Waals surface area contributed by atoms with Crippen LogP contribution in [-0.4, -0.2) is 37.5 Å². The molecule has 0 spiro atoms. The van der Waals surface area contributed by atoms with E-state index in [0.29, 0.717) is 18.4 Å². The molecule has 1 fully saturated rings. The molecule has 7 heteroatoms. The standard InChI is InChI=1S/C10H23BNO4P/c1-7-8(2)10(4-3-5-12,16-9(7)11)6-15-17(13)14/h7-9,17H,3-6,11-12H2,1-2H3,(H,13,14)/t7-,8?,9+,10+/m0/s1. The molecule has 17 heavy (non-hydrogen) atoms. The molecule has 5 nitrogen and oxygen atoms in total. The molecule has 0 amide bonds. The van der Waals surface area contributed by atoms with Gasteiger partial charge in [0.1, 0.15) is 7.85 Å². The summed E-state index contributed by atoms with van der Waals surface area (Å²) in [6.45, 7) is 5.02. The van der Waals surface area contributed by atoms with Gasteiger partial charge in [-0.3, -0.25) is 4.57 Å². The molecule has 0 radical (unpaired) electrons. The quantitative estimate of drug-likeness (QED) is 0.525. The van der Waals surface area contributed by atoms with E-state index in [1.165, 1.54) is 0 Å². The van der Waals surface area contributed by atoms with Crippen molar-refractivity contribution in [1.82, 2.24) is 0 Å². The van der Waals surface area contributed by atoms with Crippen molar-refractivity contribution in [3.63, 3.8) is 0 Å². The molecule has 0 bridgehead atoms. The molecule has 0 aromatic heterocycles. The first-order valence-electron chi connectivity index (χ1n) is 6.16. The van der Waals surface area contributed by atoms with Crippen LogP contribution in [0.2, 0.25) is 0 Å². The minimum absolute atomic E-state index is 0.146. The van der Waals surface area contributed by atoms with Gasteiger partial charge in [0.05, 0.1) is 12.2 Å². The highest BCUT2D eigenvalue weighted by molar-refractivity contribution is 7.32. The van der Waals surface area contributed by atoms with Crippen LogP contribution in [0.5, 0.6) is 0 Å². The van der Waals surface area contributed by atoms with Crippen LogP contribution in [0, 0.1) is 11.8 Å². The third kappa shape index (κ3) is 3.55. The summed E-state index contributed by atoms with van der Waals surface area (Å²) in [6.07, 6.45) is 1.61. The fourth-order valence-electron chi connectivity index (χ4n) is 2.58. The van der Waals surface area contributed by atoms with Crippen molar-refractivity contribution in [2.24, 2.45) is 17.6 Å². The van der Waals surface area contributed by atoms with Crippen LogP contribution in [-0.2, 0) is 13.8 Å². The van der Waals surface area contributed by atoms with Crippen LogP contribution in [0.4, 0.5) is 0 Å².